The maximum absolute atomic E-state index is 4.91. The smallest absolute Gasteiger partial charge is 0.0688 e. The van der Waals surface area contributed by atoms with Crippen molar-refractivity contribution in [2.75, 3.05) is 5.43 Å². The van der Waals surface area contributed by atoms with Crippen molar-refractivity contribution in [2.45, 2.75) is 46.0 Å². The van der Waals surface area contributed by atoms with E-state index in [4.69, 9.17) is 5.10 Å². The van der Waals surface area contributed by atoms with Gasteiger partial charge in [0.1, 0.15) is 0 Å². The number of rotatable bonds is 7. The number of hydrazone groups is 1. The lowest BCUT2D eigenvalue weighted by Crippen LogP contribution is -2.10. The van der Waals surface area contributed by atoms with E-state index in [0.717, 1.165) is 17.8 Å². The Bertz CT molecular complexity index is 804. The number of hydrogen-bond donors (Lipinski definition) is 1. The zero-order chi connectivity index (χ0) is 19.2. The third kappa shape index (κ3) is 4.77. The van der Waals surface area contributed by atoms with Gasteiger partial charge in [0.05, 0.1) is 11.4 Å². The maximum Gasteiger partial charge on any atom is 0.0688 e. The van der Waals surface area contributed by atoms with Gasteiger partial charge in [0.2, 0.25) is 0 Å². The van der Waals surface area contributed by atoms with Gasteiger partial charge in [-0.1, -0.05) is 101 Å². The second-order valence-electron chi connectivity index (χ2n) is 7.79. The minimum absolute atomic E-state index is 0.413. The van der Waals surface area contributed by atoms with Crippen LogP contribution in [-0.4, -0.2) is 5.71 Å². The lowest BCUT2D eigenvalue weighted by Gasteiger charge is -2.20. The highest BCUT2D eigenvalue weighted by molar-refractivity contribution is 6.01. The van der Waals surface area contributed by atoms with Gasteiger partial charge in [-0.05, 0) is 28.5 Å². The van der Waals surface area contributed by atoms with E-state index >= 15 is 0 Å². The van der Waals surface area contributed by atoms with E-state index in [0.29, 0.717) is 17.8 Å². The Hall–Kier alpha value is -2.61. The topological polar surface area (TPSA) is 24.4 Å². The molecule has 0 spiro atoms. The molecule has 0 amide bonds. The first-order valence-corrected chi connectivity index (χ1v) is 9.92. The van der Waals surface area contributed by atoms with Crippen LogP contribution in [0.3, 0.4) is 0 Å². The number of anilines is 1. The van der Waals surface area contributed by atoms with Gasteiger partial charge in [0.15, 0.2) is 0 Å². The lowest BCUT2D eigenvalue weighted by atomic mass is 9.93. The number of nitrogens with zero attached hydrogens (tertiary/aromatic N) is 1. The van der Waals surface area contributed by atoms with Gasteiger partial charge in [-0.3, -0.25) is 5.43 Å². The first kappa shape index (κ1) is 19.2. The highest BCUT2D eigenvalue weighted by Gasteiger charge is 2.15. The summed E-state index contributed by atoms with van der Waals surface area (Å²) in [6.07, 6.45) is 9.60. The van der Waals surface area contributed by atoms with Gasteiger partial charge in [-0.2, -0.15) is 5.10 Å². The van der Waals surface area contributed by atoms with Crippen molar-refractivity contribution in [3.63, 3.8) is 0 Å². The van der Waals surface area contributed by atoms with Gasteiger partial charge in [0.25, 0.3) is 0 Å². The molecule has 0 unspecified atom stereocenters. The highest BCUT2D eigenvalue weighted by Crippen LogP contribution is 2.32. The van der Waals surface area contributed by atoms with Crippen molar-refractivity contribution in [3.05, 3.63) is 89.5 Å². The quantitative estimate of drug-likeness (QED) is 0.423. The van der Waals surface area contributed by atoms with Crippen LogP contribution in [0.4, 0.5) is 5.69 Å². The molecule has 0 aliphatic heterocycles. The van der Waals surface area contributed by atoms with Crippen molar-refractivity contribution in [3.8, 4) is 0 Å². The third-order valence-electron chi connectivity index (χ3n) is 5.04. The Kier molecular flexibility index (Phi) is 6.28. The van der Waals surface area contributed by atoms with Gasteiger partial charge in [-0.25, -0.2) is 0 Å². The van der Waals surface area contributed by atoms with E-state index < -0.39 is 0 Å². The predicted octanol–water partition coefficient (Wildman–Crippen LogP) is 6.88. The average molecular weight is 359 g/mol. The molecule has 0 radical (unpaired) electrons. The molecule has 2 aromatic carbocycles. The minimum atomic E-state index is 0.413. The molecule has 0 heterocycles. The summed E-state index contributed by atoms with van der Waals surface area (Å²) in [7, 11) is 0. The van der Waals surface area contributed by atoms with Crippen LogP contribution in [0.5, 0.6) is 0 Å². The number of nitrogens with one attached hydrogen (secondary N) is 1. The molecule has 0 fully saturated rings. The van der Waals surface area contributed by atoms with Crippen LogP contribution in [-0.2, 0) is 0 Å². The summed E-state index contributed by atoms with van der Waals surface area (Å²) in [6, 6.07) is 17.1. The van der Waals surface area contributed by atoms with Crippen LogP contribution >= 0.6 is 0 Å². The minimum Gasteiger partial charge on any atom is -0.278 e. The summed E-state index contributed by atoms with van der Waals surface area (Å²) >= 11 is 0. The molecular weight excluding hydrogens is 328 g/mol. The van der Waals surface area contributed by atoms with Crippen LogP contribution < -0.4 is 5.43 Å². The second-order valence-corrected chi connectivity index (χ2v) is 7.79. The molecule has 0 aromatic heterocycles. The zero-order valence-corrected chi connectivity index (χ0v) is 16.8. The molecular formula is C25H30N2. The first-order valence-electron chi connectivity index (χ1n) is 9.92. The SMILES string of the molecule is CC(C)c1cccc(C(C)C)c1NN=C(CC1C=CC=C1)c1ccccc1. The van der Waals surface area contributed by atoms with Crippen molar-refractivity contribution >= 4 is 11.4 Å². The molecule has 3 rings (SSSR count). The Morgan fingerprint density at radius 1 is 0.852 bits per heavy atom. The average Bonchev–Trinajstić information content (AvgIpc) is 3.18. The fourth-order valence-corrected chi connectivity index (χ4v) is 3.50. The Balaban J connectivity index is 1.97. The van der Waals surface area contributed by atoms with Gasteiger partial charge >= 0.3 is 0 Å². The molecule has 0 saturated carbocycles. The molecule has 27 heavy (non-hydrogen) atoms. The Morgan fingerprint density at radius 3 is 2.00 bits per heavy atom. The molecule has 0 bridgehead atoms. The van der Waals surface area contributed by atoms with Gasteiger partial charge < -0.3 is 0 Å². The second kappa shape index (κ2) is 8.85. The summed E-state index contributed by atoms with van der Waals surface area (Å²) < 4.78 is 0. The van der Waals surface area contributed by atoms with Gasteiger partial charge in [0, 0.05) is 12.3 Å². The van der Waals surface area contributed by atoms with Crippen molar-refractivity contribution in [1.29, 1.82) is 0 Å². The normalized spacial score (nSPS) is 14.5. The molecule has 0 atom stereocenters. The van der Waals surface area contributed by atoms with Crippen LogP contribution in [0.15, 0.2) is 77.9 Å². The summed E-state index contributed by atoms with van der Waals surface area (Å²) in [5.74, 6) is 1.31. The standard InChI is InChI=1S/C25H30N2/c1-18(2)22-15-10-16-23(19(3)4)25(22)27-26-24(17-20-11-8-9-12-20)21-13-6-5-7-14-21/h5-16,18-20,27H,17H2,1-4H3. The van der Waals surface area contributed by atoms with Crippen molar-refractivity contribution in [2.24, 2.45) is 11.0 Å². The number of benzene rings is 2. The Morgan fingerprint density at radius 2 is 1.44 bits per heavy atom. The van der Waals surface area contributed by atoms with Crippen molar-refractivity contribution < 1.29 is 0 Å². The fraction of sp³-hybridized carbons (Fsp3) is 0.320. The van der Waals surface area contributed by atoms with Crippen LogP contribution in [0.2, 0.25) is 0 Å². The van der Waals surface area contributed by atoms with E-state index in [1.807, 2.05) is 0 Å². The predicted molar refractivity (Wildman–Crippen MR) is 118 cm³/mol. The number of hydrogen-bond acceptors (Lipinski definition) is 2. The zero-order valence-electron chi connectivity index (χ0n) is 16.8. The highest BCUT2D eigenvalue weighted by atomic mass is 15.3. The largest absolute Gasteiger partial charge is 0.278 e. The molecule has 1 aliphatic carbocycles. The van der Waals surface area contributed by atoms with E-state index in [9.17, 15) is 0 Å². The Labute approximate surface area is 163 Å². The van der Waals surface area contributed by atoms with E-state index in [2.05, 4.69) is 106 Å². The van der Waals surface area contributed by atoms with Crippen LogP contribution in [0.1, 0.15) is 62.6 Å². The number of para-hydroxylation sites is 1. The lowest BCUT2D eigenvalue weighted by molar-refractivity contribution is 0.833. The third-order valence-corrected chi connectivity index (χ3v) is 5.04. The maximum atomic E-state index is 4.91. The van der Waals surface area contributed by atoms with Gasteiger partial charge in [-0.15, -0.1) is 0 Å². The van der Waals surface area contributed by atoms with E-state index in [1.165, 1.54) is 16.7 Å². The van der Waals surface area contributed by atoms with Crippen LogP contribution in [0.25, 0.3) is 0 Å². The summed E-state index contributed by atoms with van der Waals surface area (Å²) in [5.41, 5.74) is 9.51. The molecule has 2 heteroatoms. The fourth-order valence-electron chi connectivity index (χ4n) is 3.50. The molecule has 2 nitrogen and oxygen atoms in total. The number of allylic oxidation sites excluding steroid dienone is 4. The molecule has 140 valence electrons. The molecule has 1 aliphatic rings. The van der Waals surface area contributed by atoms with E-state index in [-0.39, 0.29) is 0 Å². The monoisotopic (exact) mass is 358 g/mol. The summed E-state index contributed by atoms with van der Waals surface area (Å²) in [4.78, 5) is 0. The molecule has 2 aromatic rings. The molecule has 1 N–H and O–H groups in total. The van der Waals surface area contributed by atoms with Crippen molar-refractivity contribution in [1.82, 2.24) is 0 Å². The summed E-state index contributed by atoms with van der Waals surface area (Å²) in [5, 5.41) is 4.91. The first-order chi connectivity index (χ1) is 13.1. The van der Waals surface area contributed by atoms with E-state index in [1.54, 1.807) is 0 Å². The van der Waals surface area contributed by atoms with Crippen LogP contribution in [0, 0.1) is 5.92 Å². The summed E-state index contributed by atoms with van der Waals surface area (Å²) in [6.45, 7) is 8.95. The molecule has 0 saturated heterocycles.